The van der Waals surface area contributed by atoms with E-state index in [2.05, 4.69) is 4.98 Å². The Balaban J connectivity index is 2.21. The predicted molar refractivity (Wildman–Crippen MR) is 72.0 cm³/mol. The SMILES string of the molecule is CN(C(=O)C1=CC(N)=C(Cl)CC1)c1ccccn1. The highest BCUT2D eigenvalue weighted by Crippen LogP contribution is 2.25. The van der Waals surface area contributed by atoms with Gasteiger partial charge in [-0.2, -0.15) is 0 Å². The van der Waals surface area contributed by atoms with Gasteiger partial charge < -0.3 is 5.73 Å². The van der Waals surface area contributed by atoms with Crippen molar-refractivity contribution in [1.29, 1.82) is 0 Å². The number of carbonyl (C=O) groups excluding carboxylic acids is 1. The Morgan fingerprint density at radius 2 is 2.22 bits per heavy atom. The van der Waals surface area contributed by atoms with Crippen LogP contribution < -0.4 is 10.6 Å². The van der Waals surface area contributed by atoms with Crippen molar-refractivity contribution in [3.05, 3.63) is 46.8 Å². The van der Waals surface area contributed by atoms with Gasteiger partial charge in [0.2, 0.25) is 0 Å². The molecule has 0 bridgehead atoms. The van der Waals surface area contributed by atoms with Gasteiger partial charge in [0.1, 0.15) is 5.82 Å². The number of nitrogens with zero attached hydrogens (tertiary/aromatic N) is 2. The summed E-state index contributed by atoms with van der Waals surface area (Å²) >= 11 is 5.91. The standard InChI is InChI=1S/C13H14ClN3O/c1-17(12-4-2-3-7-16-12)13(18)9-5-6-10(14)11(15)8-9/h2-4,7-8H,5-6,15H2,1H3. The average molecular weight is 264 g/mol. The van der Waals surface area contributed by atoms with Gasteiger partial charge in [0.25, 0.3) is 5.91 Å². The number of likely N-dealkylation sites (N-methyl/N-ethyl adjacent to an activating group) is 1. The lowest BCUT2D eigenvalue weighted by Crippen LogP contribution is -2.29. The molecule has 0 aromatic carbocycles. The fourth-order valence-corrected chi connectivity index (χ4v) is 1.92. The van der Waals surface area contributed by atoms with Crippen molar-refractivity contribution in [2.45, 2.75) is 12.8 Å². The summed E-state index contributed by atoms with van der Waals surface area (Å²) in [4.78, 5) is 17.9. The molecule has 0 unspecified atom stereocenters. The highest BCUT2D eigenvalue weighted by Gasteiger charge is 2.20. The number of amides is 1. The number of allylic oxidation sites excluding steroid dienone is 2. The van der Waals surface area contributed by atoms with Crippen LogP contribution in [0.4, 0.5) is 5.82 Å². The van der Waals surface area contributed by atoms with E-state index >= 15 is 0 Å². The number of pyridine rings is 1. The Morgan fingerprint density at radius 3 is 2.83 bits per heavy atom. The van der Waals surface area contributed by atoms with Crippen molar-refractivity contribution >= 4 is 23.3 Å². The molecule has 2 rings (SSSR count). The molecule has 0 spiro atoms. The van der Waals surface area contributed by atoms with E-state index in [1.807, 2.05) is 12.1 Å². The second-order valence-corrected chi connectivity index (χ2v) is 4.54. The first-order valence-corrected chi connectivity index (χ1v) is 6.01. The molecular weight excluding hydrogens is 250 g/mol. The molecule has 1 aromatic heterocycles. The van der Waals surface area contributed by atoms with Crippen LogP contribution in [0.15, 0.2) is 46.8 Å². The fourth-order valence-electron chi connectivity index (χ4n) is 1.77. The van der Waals surface area contributed by atoms with Crippen molar-refractivity contribution in [2.24, 2.45) is 5.73 Å². The molecular formula is C13H14ClN3O. The van der Waals surface area contributed by atoms with Gasteiger partial charge in [0.15, 0.2) is 0 Å². The van der Waals surface area contributed by atoms with Gasteiger partial charge in [-0.1, -0.05) is 17.7 Å². The van der Waals surface area contributed by atoms with E-state index in [9.17, 15) is 4.79 Å². The zero-order chi connectivity index (χ0) is 13.1. The molecule has 1 heterocycles. The Labute approximate surface area is 111 Å². The van der Waals surface area contributed by atoms with Gasteiger partial charge in [-0.3, -0.25) is 9.69 Å². The van der Waals surface area contributed by atoms with E-state index in [0.717, 1.165) is 0 Å². The molecule has 2 N–H and O–H groups in total. The van der Waals surface area contributed by atoms with Gasteiger partial charge in [0, 0.05) is 29.5 Å². The van der Waals surface area contributed by atoms with Crippen LogP contribution in [-0.2, 0) is 4.79 Å². The molecule has 0 atom stereocenters. The molecule has 0 saturated heterocycles. The maximum absolute atomic E-state index is 12.2. The normalized spacial score (nSPS) is 15.3. The summed E-state index contributed by atoms with van der Waals surface area (Å²) in [6.45, 7) is 0. The number of nitrogens with two attached hydrogens (primary N) is 1. The van der Waals surface area contributed by atoms with E-state index in [-0.39, 0.29) is 5.91 Å². The van der Waals surface area contributed by atoms with Crippen molar-refractivity contribution in [2.75, 3.05) is 11.9 Å². The molecule has 0 saturated carbocycles. The molecule has 0 radical (unpaired) electrons. The van der Waals surface area contributed by atoms with E-state index in [1.165, 1.54) is 4.90 Å². The van der Waals surface area contributed by atoms with Crippen molar-refractivity contribution < 1.29 is 4.79 Å². The summed E-state index contributed by atoms with van der Waals surface area (Å²) in [5.41, 5.74) is 6.86. The van der Waals surface area contributed by atoms with Gasteiger partial charge in [0.05, 0.1) is 0 Å². The Bertz CT molecular complexity index is 522. The summed E-state index contributed by atoms with van der Waals surface area (Å²) in [5, 5.41) is 0.618. The number of carbonyl (C=O) groups is 1. The average Bonchev–Trinajstić information content (AvgIpc) is 2.41. The third-order valence-corrected chi connectivity index (χ3v) is 3.24. The second-order valence-electron chi connectivity index (χ2n) is 4.08. The molecule has 1 amide bonds. The minimum absolute atomic E-state index is 0.0965. The quantitative estimate of drug-likeness (QED) is 0.890. The van der Waals surface area contributed by atoms with Gasteiger partial charge in [-0.05, 0) is 31.1 Å². The molecule has 18 heavy (non-hydrogen) atoms. The Hall–Kier alpha value is -1.81. The lowest BCUT2D eigenvalue weighted by atomic mass is 10.0. The fraction of sp³-hybridized carbons (Fsp3) is 0.231. The molecule has 94 valence electrons. The maximum Gasteiger partial charge on any atom is 0.255 e. The highest BCUT2D eigenvalue weighted by molar-refractivity contribution is 6.30. The van der Waals surface area contributed by atoms with Crippen LogP contribution in [0.5, 0.6) is 0 Å². The third kappa shape index (κ3) is 2.54. The molecule has 1 aromatic rings. The summed E-state index contributed by atoms with van der Waals surface area (Å²) in [6, 6.07) is 5.43. The summed E-state index contributed by atoms with van der Waals surface area (Å²) in [5.74, 6) is 0.517. The molecule has 0 aliphatic heterocycles. The van der Waals surface area contributed by atoms with E-state index < -0.39 is 0 Å². The van der Waals surface area contributed by atoms with Gasteiger partial charge >= 0.3 is 0 Å². The number of aromatic nitrogens is 1. The van der Waals surface area contributed by atoms with E-state index in [4.69, 9.17) is 17.3 Å². The Morgan fingerprint density at radius 1 is 1.44 bits per heavy atom. The largest absolute Gasteiger partial charge is 0.398 e. The molecule has 4 nitrogen and oxygen atoms in total. The van der Waals surface area contributed by atoms with Crippen molar-refractivity contribution in [1.82, 2.24) is 4.98 Å². The number of hydrogen-bond donors (Lipinski definition) is 1. The zero-order valence-electron chi connectivity index (χ0n) is 10.1. The van der Waals surface area contributed by atoms with Crippen molar-refractivity contribution in [3.63, 3.8) is 0 Å². The number of hydrogen-bond acceptors (Lipinski definition) is 3. The summed E-state index contributed by atoms with van der Waals surface area (Å²) in [7, 11) is 1.70. The lowest BCUT2D eigenvalue weighted by Gasteiger charge is -2.20. The van der Waals surface area contributed by atoms with Gasteiger partial charge in [-0.15, -0.1) is 0 Å². The van der Waals surface area contributed by atoms with Crippen LogP contribution in [-0.4, -0.2) is 17.9 Å². The van der Waals surface area contributed by atoms with Crippen LogP contribution in [0.25, 0.3) is 0 Å². The van der Waals surface area contributed by atoms with Crippen molar-refractivity contribution in [3.8, 4) is 0 Å². The van der Waals surface area contributed by atoms with Crippen LogP contribution in [0.1, 0.15) is 12.8 Å². The minimum Gasteiger partial charge on any atom is -0.398 e. The molecule has 1 aliphatic rings. The van der Waals surface area contributed by atoms with Crippen LogP contribution in [0.3, 0.4) is 0 Å². The zero-order valence-corrected chi connectivity index (χ0v) is 10.8. The second kappa shape index (κ2) is 5.23. The first kappa shape index (κ1) is 12.6. The van der Waals surface area contributed by atoms with Crippen LogP contribution in [0, 0.1) is 0 Å². The topological polar surface area (TPSA) is 59.2 Å². The molecule has 0 fully saturated rings. The summed E-state index contributed by atoms with van der Waals surface area (Å²) < 4.78 is 0. The van der Waals surface area contributed by atoms with E-state index in [0.29, 0.717) is 35.0 Å². The lowest BCUT2D eigenvalue weighted by molar-refractivity contribution is -0.115. The molecule has 5 heteroatoms. The van der Waals surface area contributed by atoms with Crippen LogP contribution >= 0.6 is 11.6 Å². The monoisotopic (exact) mass is 263 g/mol. The maximum atomic E-state index is 12.2. The number of rotatable bonds is 2. The third-order valence-electron chi connectivity index (χ3n) is 2.83. The van der Waals surface area contributed by atoms with Gasteiger partial charge in [-0.25, -0.2) is 4.98 Å². The van der Waals surface area contributed by atoms with Crippen LogP contribution in [0.2, 0.25) is 0 Å². The smallest absolute Gasteiger partial charge is 0.255 e. The highest BCUT2D eigenvalue weighted by atomic mass is 35.5. The first-order chi connectivity index (χ1) is 8.59. The Kier molecular flexibility index (Phi) is 3.67. The van der Waals surface area contributed by atoms with E-state index in [1.54, 1.807) is 25.4 Å². The summed E-state index contributed by atoms with van der Waals surface area (Å²) in [6.07, 6.45) is 4.52. The predicted octanol–water partition coefficient (Wildman–Crippen LogP) is 2.17. The minimum atomic E-state index is -0.0965. The first-order valence-electron chi connectivity index (χ1n) is 5.63. The molecule has 1 aliphatic carbocycles. The number of anilines is 1. The number of halogens is 1.